The highest BCUT2D eigenvalue weighted by Gasteiger charge is 2.11. The van der Waals surface area contributed by atoms with E-state index >= 15 is 0 Å². The Balaban J connectivity index is 2.31. The first-order valence-corrected chi connectivity index (χ1v) is 3.80. The molecule has 1 rings (SSSR count). The summed E-state index contributed by atoms with van der Waals surface area (Å²) in [6.45, 7) is 3.42. The van der Waals surface area contributed by atoms with Crippen LogP contribution in [0.25, 0.3) is 0 Å². The Labute approximate surface area is 66.3 Å². The van der Waals surface area contributed by atoms with Gasteiger partial charge >= 0.3 is 0 Å². The molecule has 4 heteroatoms. The summed E-state index contributed by atoms with van der Waals surface area (Å²) in [4.78, 5) is 2.11. The molecule has 1 saturated heterocycles. The van der Waals surface area contributed by atoms with Crippen LogP contribution in [-0.4, -0.2) is 43.4 Å². The zero-order valence-corrected chi connectivity index (χ0v) is 6.91. The van der Waals surface area contributed by atoms with Crippen molar-refractivity contribution in [3.8, 4) is 0 Å². The van der Waals surface area contributed by atoms with Gasteiger partial charge in [0, 0.05) is 20.1 Å². The first kappa shape index (κ1) is 7.75. The molecule has 0 aliphatic carbocycles. The molecule has 0 aromatic rings. The zero-order valence-electron chi connectivity index (χ0n) is 6.09. The number of rotatable bonds is 0. The Hall–Kier alpha value is -0.350. The summed E-state index contributed by atoms with van der Waals surface area (Å²) < 4.78 is 5.17. The molecule has 1 aliphatic heterocycles. The van der Waals surface area contributed by atoms with E-state index < -0.39 is 0 Å². The quantitative estimate of drug-likeness (QED) is 0.497. The first-order chi connectivity index (χ1) is 4.84. The van der Waals surface area contributed by atoms with E-state index in [0.717, 1.165) is 31.4 Å². The Kier molecular flexibility index (Phi) is 2.89. The van der Waals surface area contributed by atoms with Gasteiger partial charge in [-0.05, 0) is 12.2 Å². The van der Waals surface area contributed by atoms with Crippen molar-refractivity contribution < 1.29 is 4.74 Å². The van der Waals surface area contributed by atoms with E-state index in [1.165, 1.54) is 0 Å². The minimum atomic E-state index is 0.793. The van der Waals surface area contributed by atoms with Crippen LogP contribution in [0, 0.1) is 0 Å². The number of hydrogen-bond donors (Lipinski definition) is 1. The van der Waals surface area contributed by atoms with Crippen LogP contribution in [0.2, 0.25) is 0 Å². The summed E-state index contributed by atoms with van der Waals surface area (Å²) in [5.41, 5.74) is 0. The highest BCUT2D eigenvalue weighted by atomic mass is 32.1. The molecule has 0 aromatic heterocycles. The first-order valence-electron chi connectivity index (χ1n) is 3.39. The van der Waals surface area contributed by atoms with Gasteiger partial charge in [-0.3, -0.25) is 0 Å². The Bertz CT molecular complexity index is 123. The van der Waals surface area contributed by atoms with Crippen molar-refractivity contribution >= 4 is 17.3 Å². The third kappa shape index (κ3) is 1.82. The molecule has 0 unspecified atom stereocenters. The van der Waals surface area contributed by atoms with Crippen LogP contribution in [0.3, 0.4) is 0 Å². The summed E-state index contributed by atoms with van der Waals surface area (Å²) in [6.07, 6.45) is 0. The maximum Gasteiger partial charge on any atom is 0.168 e. The van der Waals surface area contributed by atoms with E-state index in [9.17, 15) is 0 Å². The van der Waals surface area contributed by atoms with Crippen molar-refractivity contribution in [2.24, 2.45) is 0 Å². The van der Waals surface area contributed by atoms with Crippen LogP contribution in [0.4, 0.5) is 0 Å². The minimum absolute atomic E-state index is 0.793. The van der Waals surface area contributed by atoms with E-state index in [4.69, 9.17) is 17.0 Å². The van der Waals surface area contributed by atoms with Gasteiger partial charge in [-0.1, -0.05) is 0 Å². The fraction of sp³-hybridized carbons (Fsp3) is 0.833. The summed E-state index contributed by atoms with van der Waals surface area (Å²) >= 11 is 5.03. The Morgan fingerprint density at radius 1 is 1.50 bits per heavy atom. The Morgan fingerprint density at radius 2 is 2.10 bits per heavy atom. The molecule has 0 spiro atoms. The molecule has 0 atom stereocenters. The number of hydrogen-bond acceptors (Lipinski definition) is 2. The third-order valence-corrected chi connectivity index (χ3v) is 1.97. The summed E-state index contributed by atoms with van der Waals surface area (Å²) in [7, 11) is 1.85. The van der Waals surface area contributed by atoms with Gasteiger partial charge in [-0.25, -0.2) is 0 Å². The zero-order chi connectivity index (χ0) is 7.40. The van der Waals surface area contributed by atoms with E-state index in [-0.39, 0.29) is 0 Å². The second kappa shape index (κ2) is 3.73. The fourth-order valence-electron chi connectivity index (χ4n) is 0.925. The molecule has 10 heavy (non-hydrogen) atoms. The lowest BCUT2D eigenvalue weighted by atomic mass is 10.4. The second-order valence-corrected chi connectivity index (χ2v) is 2.54. The number of ether oxygens (including phenoxy) is 1. The molecule has 0 amide bonds. The van der Waals surface area contributed by atoms with Gasteiger partial charge in [0.05, 0.1) is 13.2 Å². The van der Waals surface area contributed by atoms with Crippen molar-refractivity contribution in [2.75, 3.05) is 33.4 Å². The van der Waals surface area contributed by atoms with Crippen LogP contribution in [0.5, 0.6) is 0 Å². The lowest BCUT2D eigenvalue weighted by Crippen LogP contribution is -2.44. The molecular weight excluding hydrogens is 148 g/mol. The van der Waals surface area contributed by atoms with E-state index in [0.29, 0.717) is 0 Å². The number of morpholine rings is 1. The molecule has 0 radical (unpaired) electrons. The standard InChI is InChI=1S/C6H12N2OS/c1-7-6(10)8-2-4-9-5-3-8/h2-5H2,1H3,(H,7,10). The number of nitrogens with zero attached hydrogens (tertiary/aromatic N) is 1. The van der Waals surface area contributed by atoms with Gasteiger partial charge in [0.25, 0.3) is 0 Å². The molecule has 58 valence electrons. The van der Waals surface area contributed by atoms with Crippen molar-refractivity contribution in [3.63, 3.8) is 0 Å². The summed E-state index contributed by atoms with van der Waals surface area (Å²) in [5.74, 6) is 0. The second-order valence-electron chi connectivity index (χ2n) is 2.15. The van der Waals surface area contributed by atoms with Gasteiger partial charge < -0.3 is 15.0 Å². The lowest BCUT2D eigenvalue weighted by Gasteiger charge is -2.28. The van der Waals surface area contributed by atoms with E-state index in [1.54, 1.807) is 0 Å². The molecule has 1 fully saturated rings. The average Bonchev–Trinajstić information content (AvgIpc) is 2.05. The molecule has 3 nitrogen and oxygen atoms in total. The van der Waals surface area contributed by atoms with Gasteiger partial charge in [0.15, 0.2) is 5.11 Å². The van der Waals surface area contributed by atoms with Gasteiger partial charge in [-0.15, -0.1) is 0 Å². The van der Waals surface area contributed by atoms with Gasteiger partial charge in [0.2, 0.25) is 0 Å². The molecule has 0 aromatic carbocycles. The maximum atomic E-state index is 5.17. The van der Waals surface area contributed by atoms with Crippen molar-refractivity contribution in [3.05, 3.63) is 0 Å². The van der Waals surface area contributed by atoms with Gasteiger partial charge in [0.1, 0.15) is 0 Å². The molecule has 1 N–H and O–H groups in total. The SMILES string of the molecule is CNC(=S)N1CCOCC1. The minimum Gasteiger partial charge on any atom is -0.378 e. The van der Waals surface area contributed by atoms with Gasteiger partial charge in [-0.2, -0.15) is 0 Å². The predicted octanol–water partition coefficient (Wildman–Crippen LogP) is -0.177. The van der Waals surface area contributed by atoms with Crippen molar-refractivity contribution in [2.45, 2.75) is 0 Å². The maximum absolute atomic E-state index is 5.17. The molecule has 0 saturated carbocycles. The summed E-state index contributed by atoms with van der Waals surface area (Å²) in [6, 6.07) is 0. The molecular formula is C6H12N2OS. The topological polar surface area (TPSA) is 24.5 Å². The Morgan fingerprint density at radius 3 is 2.60 bits per heavy atom. The summed E-state index contributed by atoms with van der Waals surface area (Å²) in [5, 5.41) is 3.76. The van der Waals surface area contributed by atoms with Crippen LogP contribution in [0.15, 0.2) is 0 Å². The molecule has 0 bridgehead atoms. The van der Waals surface area contributed by atoms with E-state index in [1.807, 2.05) is 7.05 Å². The molecule has 1 aliphatic rings. The van der Waals surface area contributed by atoms with Crippen LogP contribution >= 0.6 is 12.2 Å². The predicted molar refractivity (Wildman–Crippen MR) is 44.0 cm³/mol. The smallest absolute Gasteiger partial charge is 0.168 e. The highest BCUT2D eigenvalue weighted by Crippen LogP contribution is 1.95. The number of nitrogens with one attached hydrogen (secondary N) is 1. The number of thiocarbonyl (C=S) groups is 1. The fourth-order valence-corrected chi connectivity index (χ4v) is 1.11. The lowest BCUT2D eigenvalue weighted by molar-refractivity contribution is 0.0679. The van der Waals surface area contributed by atoms with E-state index in [2.05, 4.69) is 10.2 Å². The monoisotopic (exact) mass is 160 g/mol. The highest BCUT2D eigenvalue weighted by molar-refractivity contribution is 7.80. The largest absolute Gasteiger partial charge is 0.378 e. The van der Waals surface area contributed by atoms with Crippen LogP contribution in [0.1, 0.15) is 0 Å². The third-order valence-electron chi connectivity index (χ3n) is 1.51. The van der Waals surface area contributed by atoms with Crippen molar-refractivity contribution in [1.82, 2.24) is 10.2 Å². The molecule has 1 heterocycles. The van der Waals surface area contributed by atoms with Crippen molar-refractivity contribution in [1.29, 1.82) is 0 Å². The van der Waals surface area contributed by atoms with Crippen LogP contribution < -0.4 is 5.32 Å². The normalized spacial score (nSPS) is 18.7. The average molecular weight is 160 g/mol. The van der Waals surface area contributed by atoms with Crippen LogP contribution in [-0.2, 0) is 4.74 Å².